The Balaban J connectivity index is 0.00000261. The van der Waals surface area contributed by atoms with Crippen molar-refractivity contribution in [2.75, 3.05) is 6.61 Å². The van der Waals surface area contributed by atoms with Crippen molar-refractivity contribution in [1.82, 2.24) is 0 Å². The zero-order valence-electron chi connectivity index (χ0n) is 15.3. The van der Waals surface area contributed by atoms with Crippen LogP contribution < -0.4 is 0 Å². The van der Waals surface area contributed by atoms with Crippen molar-refractivity contribution < 1.29 is 14.6 Å². The monoisotopic (exact) mass is 360 g/mol. The Morgan fingerprint density at radius 1 is 0.852 bits per heavy atom. The standard InChI is InChI=1S/C23H28O3.Li.H/c24-22(25)23(18-26-23)21-17-11-10-16-20(21)15-9-4-2-1-3-6-12-19-13-7-5-8-14-19;;/h5,7-8,10-11,13-14,16-17H,1-4,6,9,12,15,18H2,(H,24,25);;. The molecule has 1 heterocycles. The number of hydrogen-bond donors (Lipinski definition) is 1. The van der Waals surface area contributed by atoms with Crippen LogP contribution in [0.3, 0.4) is 0 Å². The van der Waals surface area contributed by atoms with Crippen molar-refractivity contribution in [1.29, 1.82) is 0 Å². The van der Waals surface area contributed by atoms with Gasteiger partial charge < -0.3 is 9.84 Å². The van der Waals surface area contributed by atoms with E-state index < -0.39 is 11.6 Å². The van der Waals surface area contributed by atoms with Crippen molar-refractivity contribution in [2.24, 2.45) is 0 Å². The summed E-state index contributed by atoms with van der Waals surface area (Å²) in [5, 5.41) is 9.43. The summed E-state index contributed by atoms with van der Waals surface area (Å²) in [6.45, 7) is 0.292. The average Bonchev–Trinajstić information content (AvgIpc) is 3.47. The van der Waals surface area contributed by atoms with Crippen LogP contribution in [0.2, 0.25) is 0 Å². The number of benzene rings is 2. The maximum absolute atomic E-state index is 11.5. The number of epoxide rings is 1. The molecule has 1 atom stereocenters. The van der Waals surface area contributed by atoms with E-state index in [1.165, 1.54) is 44.1 Å². The molecule has 1 aliphatic heterocycles. The zero-order chi connectivity index (χ0) is 18.2. The predicted molar refractivity (Wildman–Crippen MR) is 110 cm³/mol. The molecule has 2 aromatic rings. The van der Waals surface area contributed by atoms with Crippen LogP contribution in [0.25, 0.3) is 0 Å². The number of rotatable bonds is 11. The summed E-state index contributed by atoms with van der Waals surface area (Å²) < 4.78 is 5.29. The van der Waals surface area contributed by atoms with Crippen molar-refractivity contribution >= 4 is 24.8 Å². The number of aryl methyl sites for hydroxylation is 2. The van der Waals surface area contributed by atoms with E-state index in [2.05, 4.69) is 30.3 Å². The molecule has 1 aliphatic rings. The number of unbranched alkanes of at least 4 members (excludes halogenated alkanes) is 5. The summed E-state index contributed by atoms with van der Waals surface area (Å²) in [5.74, 6) is -0.872. The Hall–Kier alpha value is -1.53. The molecule has 1 fully saturated rings. The van der Waals surface area contributed by atoms with E-state index in [1.54, 1.807) is 0 Å². The fraction of sp³-hybridized carbons (Fsp3) is 0.435. The van der Waals surface area contributed by atoms with Gasteiger partial charge in [0.15, 0.2) is 0 Å². The zero-order valence-corrected chi connectivity index (χ0v) is 15.3. The third-order valence-electron chi connectivity index (χ3n) is 5.24. The summed E-state index contributed by atoms with van der Waals surface area (Å²) >= 11 is 0. The van der Waals surface area contributed by atoms with Crippen LogP contribution in [0.15, 0.2) is 54.6 Å². The van der Waals surface area contributed by atoms with Gasteiger partial charge in [-0.25, -0.2) is 4.79 Å². The van der Waals surface area contributed by atoms with E-state index in [0.717, 1.165) is 24.0 Å². The quantitative estimate of drug-likeness (QED) is 0.365. The van der Waals surface area contributed by atoms with E-state index in [1.807, 2.05) is 24.3 Å². The van der Waals surface area contributed by atoms with Gasteiger partial charge in [0.2, 0.25) is 5.60 Å². The number of aliphatic carboxylic acids is 1. The molecule has 3 nitrogen and oxygen atoms in total. The van der Waals surface area contributed by atoms with Gasteiger partial charge in [-0.15, -0.1) is 0 Å². The van der Waals surface area contributed by atoms with Crippen molar-refractivity contribution in [3.05, 3.63) is 71.3 Å². The first-order chi connectivity index (χ1) is 12.7. The number of carbonyl (C=O) groups is 1. The summed E-state index contributed by atoms with van der Waals surface area (Å²) in [7, 11) is 0. The van der Waals surface area contributed by atoms with Crippen LogP contribution >= 0.6 is 0 Å². The Bertz CT molecular complexity index is 711. The van der Waals surface area contributed by atoms with Crippen LogP contribution in [-0.2, 0) is 28.0 Å². The van der Waals surface area contributed by atoms with Crippen LogP contribution in [0, 0.1) is 0 Å². The first-order valence-electron chi connectivity index (χ1n) is 9.72. The first kappa shape index (κ1) is 21.8. The minimum absolute atomic E-state index is 0. The third kappa shape index (κ3) is 5.97. The number of carboxylic acid groups (broad SMARTS) is 1. The van der Waals surface area contributed by atoms with Gasteiger partial charge in [-0.2, -0.15) is 0 Å². The summed E-state index contributed by atoms with van der Waals surface area (Å²) in [5.41, 5.74) is 2.32. The van der Waals surface area contributed by atoms with E-state index in [4.69, 9.17) is 4.74 Å². The molecular formula is C23H29LiO3. The molecule has 27 heavy (non-hydrogen) atoms. The van der Waals surface area contributed by atoms with Crippen LogP contribution in [-0.4, -0.2) is 36.5 Å². The fourth-order valence-corrected chi connectivity index (χ4v) is 3.59. The van der Waals surface area contributed by atoms with Gasteiger partial charge >= 0.3 is 24.8 Å². The van der Waals surface area contributed by atoms with E-state index >= 15 is 0 Å². The van der Waals surface area contributed by atoms with Gasteiger partial charge in [0.1, 0.15) is 0 Å². The normalized spacial score (nSPS) is 17.9. The molecule has 1 saturated heterocycles. The van der Waals surface area contributed by atoms with Crippen LogP contribution in [0.5, 0.6) is 0 Å². The molecule has 1 N–H and O–H groups in total. The third-order valence-corrected chi connectivity index (χ3v) is 5.24. The van der Waals surface area contributed by atoms with Crippen LogP contribution in [0.4, 0.5) is 0 Å². The summed E-state index contributed by atoms with van der Waals surface area (Å²) in [4.78, 5) is 11.5. The van der Waals surface area contributed by atoms with Crippen molar-refractivity contribution in [2.45, 2.75) is 57.0 Å². The number of carboxylic acids is 1. The molecule has 0 spiro atoms. The molecule has 0 saturated carbocycles. The Labute approximate surface area is 174 Å². The second kappa shape index (κ2) is 10.7. The molecule has 3 rings (SSSR count). The molecule has 1 unspecified atom stereocenters. The summed E-state index contributed by atoms with van der Waals surface area (Å²) in [6.07, 6.45) is 9.46. The Morgan fingerprint density at radius 2 is 1.41 bits per heavy atom. The average molecular weight is 360 g/mol. The SMILES string of the molecule is O=C(O)C1(c2ccccc2CCCCCCCCc2ccccc2)CO1.[LiH]. The second-order valence-corrected chi connectivity index (χ2v) is 7.18. The van der Waals surface area contributed by atoms with E-state index in [0.29, 0.717) is 6.61 Å². The molecule has 0 aliphatic carbocycles. The molecule has 0 aromatic heterocycles. The minimum atomic E-state index is -1.08. The van der Waals surface area contributed by atoms with Gasteiger partial charge in [0.25, 0.3) is 0 Å². The van der Waals surface area contributed by atoms with Gasteiger partial charge in [-0.05, 0) is 36.8 Å². The molecule has 0 amide bonds. The molecule has 140 valence electrons. The first-order valence-corrected chi connectivity index (χ1v) is 9.72. The maximum atomic E-state index is 11.5. The van der Waals surface area contributed by atoms with Gasteiger partial charge in [0, 0.05) is 5.56 Å². The molecule has 2 aromatic carbocycles. The Morgan fingerprint density at radius 3 is 2.04 bits per heavy atom. The molecule has 4 heteroatoms. The molecular weight excluding hydrogens is 331 g/mol. The number of ether oxygens (including phenoxy) is 1. The van der Waals surface area contributed by atoms with E-state index in [-0.39, 0.29) is 18.9 Å². The topological polar surface area (TPSA) is 49.8 Å². The second-order valence-electron chi connectivity index (χ2n) is 7.18. The molecule has 0 bridgehead atoms. The molecule has 0 radical (unpaired) electrons. The van der Waals surface area contributed by atoms with Crippen molar-refractivity contribution in [3.63, 3.8) is 0 Å². The van der Waals surface area contributed by atoms with Crippen LogP contribution in [0.1, 0.15) is 55.2 Å². The predicted octanol–water partition coefficient (Wildman–Crippen LogP) is 4.47. The van der Waals surface area contributed by atoms with Crippen molar-refractivity contribution in [3.8, 4) is 0 Å². The van der Waals surface area contributed by atoms with Gasteiger partial charge in [-0.1, -0.05) is 80.3 Å². The summed E-state index contributed by atoms with van der Waals surface area (Å²) in [6, 6.07) is 18.5. The van der Waals surface area contributed by atoms with E-state index in [9.17, 15) is 9.90 Å². The Kier molecular flexibility index (Phi) is 8.63. The van der Waals surface area contributed by atoms with Gasteiger partial charge in [0.05, 0.1) is 6.61 Å². The fourth-order valence-electron chi connectivity index (χ4n) is 3.59. The van der Waals surface area contributed by atoms with Gasteiger partial charge in [-0.3, -0.25) is 0 Å². The number of hydrogen-bond acceptors (Lipinski definition) is 2.